The van der Waals surface area contributed by atoms with Gasteiger partial charge in [-0.1, -0.05) is 51.1 Å². The minimum Gasteiger partial charge on any atom is -0.267 e. The fourth-order valence-electron chi connectivity index (χ4n) is 2.60. The van der Waals surface area contributed by atoms with Crippen molar-refractivity contribution >= 4 is 23.6 Å². The zero-order valence-electron chi connectivity index (χ0n) is 14.3. The molecule has 0 aromatic heterocycles. The predicted molar refractivity (Wildman–Crippen MR) is 95.1 cm³/mol. The van der Waals surface area contributed by atoms with Gasteiger partial charge >= 0.3 is 0 Å². The first-order valence-electron chi connectivity index (χ1n) is 7.99. The van der Waals surface area contributed by atoms with Gasteiger partial charge in [-0.3, -0.25) is 15.0 Å². The Morgan fingerprint density at radius 1 is 1.04 bits per heavy atom. The SMILES string of the molecule is CC(C)(C)c1ccc(/C=C2/C(=O)NN(c3cccc(F)c3)C2=O)cc1. The number of hydrogen-bond donors (Lipinski definition) is 1. The molecule has 0 saturated carbocycles. The van der Waals surface area contributed by atoms with Crippen molar-refractivity contribution in [2.75, 3.05) is 5.01 Å². The van der Waals surface area contributed by atoms with Gasteiger partial charge in [0.1, 0.15) is 11.4 Å². The highest BCUT2D eigenvalue weighted by atomic mass is 19.1. The summed E-state index contributed by atoms with van der Waals surface area (Å²) in [6.45, 7) is 6.35. The van der Waals surface area contributed by atoms with Crippen LogP contribution in [0.4, 0.5) is 10.1 Å². The number of hydrogen-bond acceptors (Lipinski definition) is 2. The molecular weight excluding hydrogens is 319 g/mol. The number of amides is 2. The van der Waals surface area contributed by atoms with E-state index in [1.807, 2.05) is 24.3 Å². The van der Waals surface area contributed by atoms with Gasteiger partial charge in [0.25, 0.3) is 11.8 Å². The second-order valence-corrected chi connectivity index (χ2v) is 6.99. The fourth-order valence-corrected chi connectivity index (χ4v) is 2.60. The van der Waals surface area contributed by atoms with Gasteiger partial charge in [0.15, 0.2) is 0 Å². The molecule has 0 aliphatic carbocycles. The molecule has 0 unspecified atom stereocenters. The van der Waals surface area contributed by atoms with Crippen molar-refractivity contribution in [3.05, 3.63) is 71.0 Å². The molecule has 25 heavy (non-hydrogen) atoms. The van der Waals surface area contributed by atoms with Crippen LogP contribution in [0, 0.1) is 5.82 Å². The fraction of sp³-hybridized carbons (Fsp3) is 0.200. The van der Waals surface area contributed by atoms with Crippen LogP contribution in [0.2, 0.25) is 0 Å². The second kappa shape index (κ2) is 6.16. The van der Waals surface area contributed by atoms with Gasteiger partial charge in [-0.05, 0) is 40.8 Å². The van der Waals surface area contributed by atoms with E-state index in [-0.39, 0.29) is 16.7 Å². The van der Waals surface area contributed by atoms with Crippen LogP contribution in [0.1, 0.15) is 31.9 Å². The van der Waals surface area contributed by atoms with Crippen molar-refractivity contribution in [1.82, 2.24) is 5.43 Å². The van der Waals surface area contributed by atoms with Gasteiger partial charge in [-0.15, -0.1) is 0 Å². The molecule has 0 bridgehead atoms. The predicted octanol–water partition coefficient (Wildman–Crippen LogP) is 3.58. The maximum Gasteiger partial charge on any atom is 0.282 e. The molecule has 1 N–H and O–H groups in total. The zero-order chi connectivity index (χ0) is 18.2. The molecule has 4 nitrogen and oxygen atoms in total. The van der Waals surface area contributed by atoms with Crippen molar-refractivity contribution in [2.24, 2.45) is 0 Å². The van der Waals surface area contributed by atoms with E-state index in [4.69, 9.17) is 0 Å². The quantitative estimate of drug-likeness (QED) is 0.672. The number of anilines is 1. The van der Waals surface area contributed by atoms with Crippen LogP contribution >= 0.6 is 0 Å². The van der Waals surface area contributed by atoms with E-state index in [1.54, 1.807) is 12.1 Å². The van der Waals surface area contributed by atoms with Gasteiger partial charge in [0, 0.05) is 0 Å². The van der Waals surface area contributed by atoms with Crippen LogP contribution in [0.25, 0.3) is 6.08 Å². The van der Waals surface area contributed by atoms with E-state index in [2.05, 4.69) is 26.2 Å². The first-order chi connectivity index (χ1) is 11.8. The largest absolute Gasteiger partial charge is 0.282 e. The summed E-state index contributed by atoms with van der Waals surface area (Å²) in [4.78, 5) is 24.7. The molecule has 2 amide bonds. The Bertz CT molecular complexity index is 864. The lowest BCUT2D eigenvalue weighted by atomic mass is 9.86. The van der Waals surface area contributed by atoms with Crippen LogP contribution in [0.15, 0.2) is 54.1 Å². The summed E-state index contributed by atoms with van der Waals surface area (Å²) in [6, 6.07) is 13.2. The van der Waals surface area contributed by atoms with Gasteiger partial charge < -0.3 is 0 Å². The molecule has 3 rings (SSSR count). The van der Waals surface area contributed by atoms with Crippen molar-refractivity contribution in [3.8, 4) is 0 Å². The average Bonchev–Trinajstić information content (AvgIpc) is 2.83. The lowest BCUT2D eigenvalue weighted by molar-refractivity contribution is -0.117. The van der Waals surface area contributed by atoms with Crippen molar-refractivity contribution < 1.29 is 14.0 Å². The molecule has 0 radical (unpaired) electrons. The number of rotatable bonds is 2. The number of nitrogens with one attached hydrogen (secondary N) is 1. The van der Waals surface area contributed by atoms with E-state index in [9.17, 15) is 14.0 Å². The lowest BCUT2D eigenvalue weighted by Gasteiger charge is -2.18. The molecule has 2 aromatic rings. The molecule has 128 valence electrons. The summed E-state index contributed by atoms with van der Waals surface area (Å²) in [5.41, 5.74) is 4.72. The third kappa shape index (κ3) is 3.45. The summed E-state index contributed by atoms with van der Waals surface area (Å²) in [6.07, 6.45) is 1.55. The van der Waals surface area contributed by atoms with E-state index in [0.717, 1.165) is 10.6 Å². The molecule has 1 saturated heterocycles. The van der Waals surface area contributed by atoms with Gasteiger partial charge in [0.2, 0.25) is 0 Å². The third-order valence-corrected chi connectivity index (χ3v) is 4.05. The van der Waals surface area contributed by atoms with E-state index >= 15 is 0 Å². The van der Waals surface area contributed by atoms with Gasteiger partial charge in [-0.2, -0.15) is 0 Å². The van der Waals surface area contributed by atoms with E-state index < -0.39 is 17.6 Å². The Morgan fingerprint density at radius 2 is 1.72 bits per heavy atom. The number of nitrogens with zero attached hydrogens (tertiary/aromatic N) is 1. The van der Waals surface area contributed by atoms with Crippen LogP contribution in [-0.2, 0) is 15.0 Å². The summed E-state index contributed by atoms with van der Waals surface area (Å²) in [5.74, 6) is -1.49. The molecule has 2 aromatic carbocycles. The Hall–Kier alpha value is -2.95. The van der Waals surface area contributed by atoms with Crippen LogP contribution in [-0.4, -0.2) is 11.8 Å². The molecular formula is C20H19FN2O2. The summed E-state index contributed by atoms with van der Waals surface area (Å²) >= 11 is 0. The first-order valence-corrected chi connectivity index (χ1v) is 7.99. The average molecular weight is 338 g/mol. The molecule has 5 heteroatoms. The maximum atomic E-state index is 13.4. The van der Waals surface area contributed by atoms with Crippen LogP contribution in [0.5, 0.6) is 0 Å². The van der Waals surface area contributed by atoms with E-state index in [0.29, 0.717) is 0 Å². The third-order valence-electron chi connectivity index (χ3n) is 4.05. The van der Waals surface area contributed by atoms with Crippen molar-refractivity contribution in [3.63, 3.8) is 0 Å². The minimum absolute atomic E-state index is 0.0211. The molecule has 0 spiro atoms. The highest BCUT2D eigenvalue weighted by molar-refractivity contribution is 6.31. The number of carbonyl (C=O) groups is 2. The molecule has 1 heterocycles. The maximum absolute atomic E-state index is 13.4. The summed E-state index contributed by atoms with van der Waals surface area (Å²) in [7, 11) is 0. The van der Waals surface area contributed by atoms with Crippen LogP contribution < -0.4 is 10.4 Å². The topological polar surface area (TPSA) is 49.4 Å². The normalized spacial score (nSPS) is 16.5. The number of halogens is 1. The number of hydrazine groups is 1. The van der Waals surface area contributed by atoms with Gasteiger partial charge in [0.05, 0.1) is 5.69 Å². The Labute approximate surface area is 145 Å². The molecule has 0 atom stereocenters. The standard InChI is InChI=1S/C20H19FN2O2/c1-20(2,3)14-9-7-13(8-10-14)11-17-18(24)22-23(19(17)25)16-6-4-5-15(21)12-16/h4-12H,1-3H3,(H,22,24)/b17-11-. The zero-order valence-corrected chi connectivity index (χ0v) is 14.3. The second-order valence-electron chi connectivity index (χ2n) is 6.99. The highest BCUT2D eigenvalue weighted by Gasteiger charge is 2.34. The Balaban J connectivity index is 1.88. The smallest absolute Gasteiger partial charge is 0.267 e. The van der Waals surface area contributed by atoms with Crippen LogP contribution in [0.3, 0.4) is 0 Å². The number of carbonyl (C=O) groups excluding carboxylic acids is 2. The summed E-state index contributed by atoms with van der Waals surface area (Å²) in [5, 5.41) is 1.06. The number of benzene rings is 2. The Kier molecular flexibility index (Phi) is 4.17. The Morgan fingerprint density at radius 3 is 2.32 bits per heavy atom. The van der Waals surface area contributed by atoms with Crippen molar-refractivity contribution in [2.45, 2.75) is 26.2 Å². The minimum atomic E-state index is -0.505. The van der Waals surface area contributed by atoms with E-state index in [1.165, 1.54) is 23.8 Å². The first kappa shape index (κ1) is 16.9. The summed E-state index contributed by atoms with van der Waals surface area (Å²) < 4.78 is 13.4. The molecule has 1 aliphatic heterocycles. The monoisotopic (exact) mass is 338 g/mol. The van der Waals surface area contributed by atoms with Gasteiger partial charge in [-0.25, -0.2) is 9.40 Å². The molecule has 1 fully saturated rings. The highest BCUT2D eigenvalue weighted by Crippen LogP contribution is 2.25. The molecule has 1 aliphatic rings. The lowest BCUT2D eigenvalue weighted by Crippen LogP contribution is -2.35. The van der Waals surface area contributed by atoms with Crippen molar-refractivity contribution in [1.29, 1.82) is 0 Å².